The molecule has 35 heavy (non-hydrogen) atoms. The Morgan fingerprint density at radius 2 is 1.51 bits per heavy atom. The second-order valence-electron chi connectivity index (χ2n) is 7.83. The second-order valence-corrected chi connectivity index (χ2v) is 8.71. The molecule has 7 heteroatoms. The van der Waals surface area contributed by atoms with E-state index in [1.54, 1.807) is 47.5 Å². The molecule has 0 unspecified atom stereocenters. The first-order valence-electron chi connectivity index (χ1n) is 11.1. The zero-order chi connectivity index (χ0) is 24.5. The van der Waals surface area contributed by atoms with Crippen molar-refractivity contribution < 1.29 is 14.3 Å². The third kappa shape index (κ3) is 7.74. The maximum absolute atomic E-state index is 13.1. The van der Waals surface area contributed by atoms with Gasteiger partial charge in [-0.25, -0.2) is 0 Å². The van der Waals surface area contributed by atoms with Gasteiger partial charge >= 0.3 is 0 Å². The number of pyridine rings is 1. The molecule has 0 radical (unpaired) electrons. The van der Waals surface area contributed by atoms with Crippen molar-refractivity contribution >= 4 is 29.1 Å². The normalized spacial score (nSPS) is 10.6. The minimum atomic E-state index is -0.125. The highest BCUT2D eigenvalue weighted by atomic mass is 35.5. The summed E-state index contributed by atoms with van der Waals surface area (Å²) in [4.78, 5) is 19.3. The number of carbonyl (C=O) groups excluding carboxylic acids is 1. The predicted molar refractivity (Wildman–Crippen MR) is 138 cm³/mol. The molecule has 1 heterocycles. The maximum Gasteiger partial charge on any atom is 0.260 e. The molecule has 0 aliphatic carbocycles. The van der Waals surface area contributed by atoms with Gasteiger partial charge in [0.25, 0.3) is 5.91 Å². The monoisotopic (exact) mass is 506 g/mol. The summed E-state index contributed by atoms with van der Waals surface area (Å²) in [7, 11) is 0. The van der Waals surface area contributed by atoms with Crippen molar-refractivity contribution in [1.29, 1.82) is 0 Å². The smallest absolute Gasteiger partial charge is 0.260 e. The van der Waals surface area contributed by atoms with Crippen molar-refractivity contribution in [3.8, 4) is 17.2 Å². The van der Waals surface area contributed by atoms with Crippen LogP contribution in [0.1, 0.15) is 11.3 Å². The Bertz CT molecular complexity index is 1230. The number of ether oxygens (including phenoxy) is 2. The van der Waals surface area contributed by atoms with Crippen LogP contribution in [0.5, 0.6) is 17.2 Å². The van der Waals surface area contributed by atoms with E-state index in [1.165, 1.54) is 0 Å². The Hall–Kier alpha value is -3.54. The molecule has 178 valence electrons. The second kappa shape index (κ2) is 12.2. The largest absolute Gasteiger partial charge is 0.484 e. The Morgan fingerprint density at radius 1 is 0.800 bits per heavy atom. The highest BCUT2D eigenvalue weighted by molar-refractivity contribution is 6.30. The molecule has 0 N–H and O–H groups in total. The van der Waals surface area contributed by atoms with E-state index in [1.807, 2.05) is 54.6 Å². The van der Waals surface area contributed by atoms with E-state index < -0.39 is 0 Å². The van der Waals surface area contributed by atoms with Crippen molar-refractivity contribution in [2.45, 2.75) is 13.0 Å². The van der Waals surface area contributed by atoms with Gasteiger partial charge in [-0.3, -0.25) is 9.78 Å². The quantitative estimate of drug-likeness (QED) is 0.236. The summed E-state index contributed by atoms with van der Waals surface area (Å²) < 4.78 is 11.7. The number of hydrogen-bond donors (Lipinski definition) is 0. The number of nitrogens with zero attached hydrogens (tertiary/aromatic N) is 2. The van der Waals surface area contributed by atoms with Crippen LogP contribution in [0.15, 0.2) is 97.2 Å². The minimum absolute atomic E-state index is 0.0786. The van der Waals surface area contributed by atoms with E-state index in [2.05, 4.69) is 4.98 Å². The summed E-state index contributed by atoms with van der Waals surface area (Å²) in [5, 5.41) is 1.26. The maximum atomic E-state index is 13.1. The van der Waals surface area contributed by atoms with E-state index in [0.29, 0.717) is 46.8 Å². The number of benzene rings is 3. The van der Waals surface area contributed by atoms with Crippen LogP contribution < -0.4 is 9.47 Å². The van der Waals surface area contributed by atoms with Gasteiger partial charge in [0.15, 0.2) is 6.61 Å². The standard InChI is InChI=1S/C28H24Cl2N2O3/c29-22-7-11-25(12-8-22)34-20-28(33)32(17-15-24-5-1-2-16-31-24)19-21-4-3-6-27(18-21)35-26-13-9-23(30)10-14-26/h1-14,16,18H,15,17,19-20H2. The Labute approximate surface area is 214 Å². The van der Waals surface area contributed by atoms with Gasteiger partial charge in [-0.2, -0.15) is 0 Å². The molecular formula is C28H24Cl2N2O3. The molecule has 0 aliphatic heterocycles. The van der Waals surface area contributed by atoms with Crippen molar-refractivity contribution in [2.75, 3.05) is 13.2 Å². The van der Waals surface area contributed by atoms with E-state index in [9.17, 15) is 4.79 Å². The lowest BCUT2D eigenvalue weighted by Gasteiger charge is -2.23. The molecular weight excluding hydrogens is 483 g/mol. The first-order valence-corrected chi connectivity index (χ1v) is 11.9. The molecule has 0 fully saturated rings. The summed E-state index contributed by atoms with van der Waals surface area (Å²) in [6, 6.07) is 27.6. The number of carbonyl (C=O) groups is 1. The van der Waals surface area contributed by atoms with Crippen LogP contribution in [0.25, 0.3) is 0 Å². The van der Waals surface area contributed by atoms with E-state index in [0.717, 1.165) is 11.3 Å². The Balaban J connectivity index is 1.45. The zero-order valence-electron chi connectivity index (χ0n) is 18.9. The highest BCUT2D eigenvalue weighted by Gasteiger charge is 2.16. The van der Waals surface area contributed by atoms with Crippen LogP contribution in [-0.4, -0.2) is 28.9 Å². The van der Waals surface area contributed by atoms with Crippen molar-refractivity contribution in [1.82, 2.24) is 9.88 Å². The van der Waals surface area contributed by atoms with Gasteiger partial charge in [0.1, 0.15) is 17.2 Å². The lowest BCUT2D eigenvalue weighted by atomic mass is 10.2. The molecule has 5 nitrogen and oxygen atoms in total. The van der Waals surface area contributed by atoms with E-state index >= 15 is 0 Å². The predicted octanol–water partition coefficient (Wildman–Crippen LogP) is 6.83. The van der Waals surface area contributed by atoms with Gasteiger partial charge in [-0.1, -0.05) is 41.4 Å². The van der Waals surface area contributed by atoms with E-state index in [4.69, 9.17) is 32.7 Å². The minimum Gasteiger partial charge on any atom is -0.484 e. The molecule has 4 aromatic rings. The molecule has 0 atom stereocenters. The van der Waals surface area contributed by atoms with Gasteiger partial charge in [0.05, 0.1) is 0 Å². The molecule has 0 bridgehead atoms. The van der Waals surface area contributed by atoms with Gasteiger partial charge in [-0.05, 0) is 78.4 Å². The van der Waals surface area contributed by atoms with Crippen LogP contribution in [0.2, 0.25) is 10.0 Å². The Kier molecular flexibility index (Phi) is 8.60. The number of amides is 1. The van der Waals surface area contributed by atoms with E-state index in [-0.39, 0.29) is 12.5 Å². The molecule has 0 spiro atoms. The number of aromatic nitrogens is 1. The fourth-order valence-electron chi connectivity index (χ4n) is 3.42. The molecule has 0 saturated heterocycles. The lowest BCUT2D eigenvalue weighted by molar-refractivity contribution is -0.134. The van der Waals surface area contributed by atoms with Crippen LogP contribution >= 0.6 is 23.2 Å². The van der Waals surface area contributed by atoms with Crippen molar-refractivity contribution in [3.05, 3.63) is 118 Å². The molecule has 4 rings (SSSR count). The fourth-order valence-corrected chi connectivity index (χ4v) is 3.67. The molecule has 0 saturated carbocycles. The SMILES string of the molecule is O=C(COc1ccc(Cl)cc1)N(CCc1ccccn1)Cc1cccc(Oc2ccc(Cl)cc2)c1. The van der Waals surface area contributed by atoms with Crippen LogP contribution in [0.3, 0.4) is 0 Å². The fraction of sp³-hybridized carbons (Fsp3) is 0.143. The molecule has 0 aliphatic rings. The van der Waals surface area contributed by atoms with Crippen LogP contribution in [0, 0.1) is 0 Å². The lowest BCUT2D eigenvalue weighted by Crippen LogP contribution is -2.36. The zero-order valence-corrected chi connectivity index (χ0v) is 20.5. The summed E-state index contributed by atoms with van der Waals surface area (Å²) in [6.07, 6.45) is 2.39. The molecule has 3 aromatic carbocycles. The van der Waals surface area contributed by atoms with Gasteiger partial charge in [0.2, 0.25) is 0 Å². The van der Waals surface area contributed by atoms with Gasteiger partial charge < -0.3 is 14.4 Å². The molecule has 1 aromatic heterocycles. The summed E-state index contributed by atoms with van der Waals surface area (Å²) in [5.41, 5.74) is 1.86. The van der Waals surface area contributed by atoms with Crippen LogP contribution in [-0.2, 0) is 17.8 Å². The highest BCUT2D eigenvalue weighted by Crippen LogP contribution is 2.24. The first kappa shape index (κ1) is 24.6. The average molecular weight is 507 g/mol. The van der Waals surface area contributed by atoms with Gasteiger partial charge in [0, 0.05) is 41.4 Å². The summed E-state index contributed by atoms with van der Waals surface area (Å²) in [5.74, 6) is 1.83. The number of rotatable bonds is 10. The molecule has 1 amide bonds. The third-order valence-electron chi connectivity index (χ3n) is 5.21. The topological polar surface area (TPSA) is 51.7 Å². The third-order valence-corrected chi connectivity index (χ3v) is 5.72. The average Bonchev–Trinajstić information content (AvgIpc) is 2.88. The summed E-state index contributed by atoms with van der Waals surface area (Å²) in [6.45, 7) is 0.834. The first-order chi connectivity index (χ1) is 17.0. The summed E-state index contributed by atoms with van der Waals surface area (Å²) >= 11 is 11.9. The Morgan fingerprint density at radius 3 is 2.20 bits per heavy atom. The number of halogens is 2. The van der Waals surface area contributed by atoms with Crippen molar-refractivity contribution in [3.63, 3.8) is 0 Å². The number of hydrogen-bond acceptors (Lipinski definition) is 4. The van der Waals surface area contributed by atoms with Crippen molar-refractivity contribution in [2.24, 2.45) is 0 Å². The van der Waals surface area contributed by atoms with Crippen LogP contribution in [0.4, 0.5) is 0 Å². The van der Waals surface area contributed by atoms with Gasteiger partial charge in [-0.15, -0.1) is 0 Å².